The lowest BCUT2D eigenvalue weighted by Gasteiger charge is -2.65. The van der Waals surface area contributed by atoms with E-state index in [1.165, 1.54) is 14.0 Å². The predicted molar refractivity (Wildman–Crippen MR) is 207 cm³/mol. The lowest BCUT2D eigenvalue weighted by molar-refractivity contribution is -0.336. The molecule has 21 atom stereocenters. The molecular weight excluding hydrogens is 768 g/mol. The zero-order valence-corrected chi connectivity index (χ0v) is 35.7. The normalized spacial score (nSPS) is 52.5. The molecule has 4 N–H and O–H groups in total. The molecule has 15 heteroatoms. The van der Waals surface area contributed by atoms with E-state index in [4.69, 9.17) is 42.6 Å². The van der Waals surface area contributed by atoms with Gasteiger partial charge in [-0.15, -0.1) is 0 Å². The van der Waals surface area contributed by atoms with Crippen molar-refractivity contribution in [3.63, 3.8) is 0 Å². The molecule has 4 aliphatic heterocycles. The Morgan fingerprint density at radius 3 is 1.85 bits per heavy atom. The van der Waals surface area contributed by atoms with Gasteiger partial charge in [-0.05, 0) is 107 Å². The van der Waals surface area contributed by atoms with Gasteiger partial charge < -0.3 is 63.1 Å². The number of hydrogen-bond donors (Lipinski definition) is 4. The van der Waals surface area contributed by atoms with Crippen molar-refractivity contribution in [2.45, 2.75) is 204 Å². The van der Waals surface area contributed by atoms with E-state index < -0.39 is 84.8 Å². The summed E-state index contributed by atoms with van der Waals surface area (Å²) in [4.78, 5) is 24.7. The molecule has 0 bridgehead atoms. The number of carbonyl (C=O) groups is 2. The number of aliphatic hydroxyl groups excluding tert-OH is 3. The molecule has 4 saturated carbocycles. The molecule has 0 radical (unpaired) electrons. The molecule has 0 spiro atoms. The molecule has 21 unspecified atom stereocenters. The van der Waals surface area contributed by atoms with Gasteiger partial charge >= 0.3 is 11.9 Å². The van der Waals surface area contributed by atoms with E-state index in [0.29, 0.717) is 25.2 Å². The third-order valence-corrected chi connectivity index (χ3v) is 16.5. The van der Waals surface area contributed by atoms with Gasteiger partial charge in [0.15, 0.2) is 18.9 Å². The second-order valence-electron chi connectivity index (χ2n) is 19.6. The zero-order valence-electron chi connectivity index (χ0n) is 35.7. The minimum Gasteiger partial charge on any atom is -0.462 e. The Kier molecular flexibility index (Phi) is 12.5. The maximum absolute atomic E-state index is 12.9. The van der Waals surface area contributed by atoms with E-state index in [1.807, 2.05) is 13.8 Å². The SMILES string of the molecule is COC1C(O)CC(OC2C(O)CC(OC3C(O)CC(OC4CCC5(C)C(CCC6C5CC(OC(C)=O)C5(C)C(C7=CC(=O)OC7)CCC65O)C4)OC3C)OC2C)OC1C. The number of ether oxygens (including phenoxy) is 9. The van der Waals surface area contributed by atoms with Gasteiger partial charge in [-0.3, -0.25) is 4.79 Å². The molecule has 0 aromatic rings. The van der Waals surface area contributed by atoms with Crippen LogP contribution in [0.25, 0.3) is 0 Å². The molecule has 334 valence electrons. The fourth-order valence-electron chi connectivity index (χ4n) is 13.4. The van der Waals surface area contributed by atoms with Gasteiger partial charge in [-0.2, -0.15) is 0 Å². The first-order chi connectivity index (χ1) is 27.9. The second kappa shape index (κ2) is 16.7. The van der Waals surface area contributed by atoms with Gasteiger partial charge in [0.1, 0.15) is 31.0 Å². The van der Waals surface area contributed by atoms with Crippen LogP contribution in [0.2, 0.25) is 0 Å². The summed E-state index contributed by atoms with van der Waals surface area (Å²) in [5.74, 6) is -0.295. The fraction of sp³-hybridized carbons (Fsp3) is 0.909. The van der Waals surface area contributed by atoms with Crippen LogP contribution in [0.3, 0.4) is 0 Å². The summed E-state index contributed by atoms with van der Waals surface area (Å²) in [6, 6.07) is 0. The quantitative estimate of drug-likeness (QED) is 0.195. The smallest absolute Gasteiger partial charge is 0.331 e. The minimum atomic E-state index is -1.05. The minimum absolute atomic E-state index is 0.0415. The van der Waals surface area contributed by atoms with Gasteiger partial charge in [0.2, 0.25) is 0 Å². The van der Waals surface area contributed by atoms with Crippen LogP contribution in [0, 0.1) is 34.5 Å². The van der Waals surface area contributed by atoms with E-state index >= 15 is 0 Å². The molecule has 0 amide bonds. The number of cyclic esters (lactones) is 1. The lowest BCUT2D eigenvalue weighted by Crippen LogP contribution is -2.67. The molecule has 0 aromatic heterocycles. The summed E-state index contributed by atoms with van der Waals surface area (Å²) in [7, 11) is 1.53. The number of rotatable bonds is 9. The number of esters is 2. The van der Waals surface area contributed by atoms with Crippen molar-refractivity contribution in [3.8, 4) is 0 Å². The second-order valence-corrected chi connectivity index (χ2v) is 19.6. The summed E-state index contributed by atoms with van der Waals surface area (Å²) < 4.78 is 54.1. The van der Waals surface area contributed by atoms with E-state index in [1.54, 1.807) is 13.0 Å². The van der Waals surface area contributed by atoms with Crippen LogP contribution in [-0.2, 0) is 52.2 Å². The van der Waals surface area contributed by atoms with Crippen LogP contribution < -0.4 is 0 Å². The number of methoxy groups -OCH3 is 1. The van der Waals surface area contributed by atoms with Crippen molar-refractivity contribution >= 4 is 11.9 Å². The van der Waals surface area contributed by atoms with Crippen LogP contribution in [-0.4, -0.2) is 138 Å². The third kappa shape index (κ3) is 7.84. The largest absolute Gasteiger partial charge is 0.462 e. The highest BCUT2D eigenvalue weighted by Gasteiger charge is 2.72. The highest BCUT2D eigenvalue weighted by Crippen LogP contribution is 2.70. The van der Waals surface area contributed by atoms with Crippen molar-refractivity contribution in [1.29, 1.82) is 0 Å². The van der Waals surface area contributed by atoms with Gasteiger partial charge in [0.25, 0.3) is 0 Å². The van der Waals surface area contributed by atoms with Crippen molar-refractivity contribution < 1.29 is 72.6 Å². The molecule has 8 rings (SSSR count). The van der Waals surface area contributed by atoms with Crippen molar-refractivity contribution in [3.05, 3.63) is 11.6 Å². The number of hydrogen-bond acceptors (Lipinski definition) is 15. The molecule has 7 fully saturated rings. The standard InChI is InChI=1S/C44H68O15/c1-21-39(51-7)31(46)17-37(53-21)58-41-23(3)55-38(19-33(41)48)59-40-22(2)54-36(18-32(40)47)57-27-10-12-42(5)26(15-27)8-9-29-30(42)16-34(56-24(4)45)43(6)28(11-13-44(29,43)50)25-14-35(49)52-20-25/h14,21-23,26-34,36-41,46-48,50H,8-13,15-20H2,1-7H3. The Balaban J connectivity index is 0.856. The van der Waals surface area contributed by atoms with Gasteiger partial charge in [0, 0.05) is 44.8 Å². The number of carbonyl (C=O) groups excluding carboxylic acids is 2. The Hall–Kier alpha value is -1.76. The van der Waals surface area contributed by atoms with Crippen LogP contribution in [0.1, 0.15) is 112 Å². The van der Waals surface area contributed by atoms with E-state index in [9.17, 15) is 30.0 Å². The van der Waals surface area contributed by atoms with Crippen LogP contribution >= 0.6 is 0 Å². The van der Waals surface area contributed by atoms with Crippen LogP contribution in [0.15, 0.2) is 11.6 Å². The third-order valence-electron chi connectivity index (χ3n) is 16.5. The van der Waals surface area contributed by atoms with E-state index in [0.717, 1.165) is 37.7 Å². The molecular formula is C44H68O15. The lowest BCUT2D eigenvalue weighted by atomic mass is 9.42. The first-order valence-electron chi connectivity index (χ1n) is 22.2. The summed E-state index contributed by atoms with van der Waals surface area (Å²) in [6.07, 6.45) is -0.182. The van der Waals surface area contributed by atoms with E-state index in [2.05, 4.69) is 13.8 Å². The van der Waals surface area contributed by atoms with Crippen molar-refractivity contribution in [2.24, 2.45) is 34.5 Å². The van der Waals surface area contributed by atoms with Gasteiger partial charge in [0.05, 0.1) is 48.3 Å². The molecule has 8 aliphatic rings. The predicted octanol–water partition coefficient (Wildman–Crippen LogP) is 3.44. The topological polar surface area (TPSA) is 198 Å². The average molecular weight is 837 g/mol. The Morgan fingerprint density at radius 1 is 0.746 bits per heavy atom. The van der Waals surface area contributed by atoms with Gasteiger partial charge in [-0.1, -0.05) is 13.8 Å². The molecule has 3 saturated heterocycles. The maximum atomic E-state index is 12.9. The highest BCUT2D eigenvalue weighted by molar-refractivity contribution is 5.85. The summed E-state index contributed by atoms with van der Waals surface area (Å²) in [5, 5.41) is 45.8. The monoisotopic (exact) mass is 836 g/mol. The maximum Gasteiger partial charge on any atom is 0.331 e. The first kappa shape index (κ1) is 43.9. The summed E-state index contributed by atoms with van der Waals surface area (Å²) in [5.41, 5.74) is -0.987. The molecule has 0 aromatic carbocycles. The summed E-state index contributed by atoms with van der Waals surface area (Å²) in [6.45, 7) is 11.5. The highest BCUT2D eigenvalue weighted by atomic mass is 16.7. The Bertz CT molecular complexity index is 1540. The van der Waals surface area contributed by atoms with Crippen molar-refractivity contribution in [1.82, 2.24) is 0 Å². The van der Waals surface area contributed by atoms with E-state index in [-0.39, 0.29) is 73.2 Å². The first-order valence-corrected chi connectivity index (χ1v) is 22.2. The van der Waals surface area contributed by atoms with Crippen LogP contribution in [0.5, 0.6) is 0 Å². The molecule has 15 nitrogen and oxygen atoms in total. The van der Waals surface area contributed by atoms with Crippen molar-refractivity contribution in [2.75, 3.05) is 13.7 Å². The number of aliphatic hydroxyl groups is 4. The zero-order chi connectivity index (χ0) is 42.2. The molecule has 4 aliphatic carbocycles. The molecule has 4 heterocycles. The number of fused-ring (bicyclic) bond motifs is 5. The Labute approximate surface area is 347 Å². The average Bonchev–Trinajstić information content (AvgIpc) is 3.71. The Morgan fingerprint density at radius 2 is 1.32 bits per heavy atom. The fourth-order valence-corrected chi connectivity index (χ4v) is 13.4. The summed E-state index contributed by atoms with van der Waals surface area (Å²) >= 11 is 0. The van der Waals surface area contributed by atoms with Gasteiger partial charge in [-0.25, -0.2) is 4.79 Å². The molecule has 59 heavy (non-hydrogen) atoms. The van der Waals surface area contributed by atoms with Crippen LogP contribution in [0.4, 0.5) is 0 Å².